The fraction of sp³-hybridized carbons (Fsp3) is 0.842. The Balaban J connectivity index is 0.00000288. The van der Waals surface area contributed by atoms with E-state index in [1.54, 1.807) is 0 Å². The van der Waals surface area contributed by atoms with Crippen molar-refractivity contribution in [3.05, 3.63) is 12.2 Å². The van der Waals surface area contributed by atoms with Gasteiger partial charge in [-0.05, 0) is 65.7 Å². The van der Waals surface area contributed by atoms with Gasteiger partial charge in [-0.25, -0.2) is 0 Å². The van der Waals surface area contributed by atoms with Crippen LogP contribution in [0, 0.1) is 5.92 Å². The number of guanidine groups is 1. The maximum atomic E-state index is 6.13. The van der Waals surface area contributed by atoms with Crippen molar-refractivity contribution in [2.45, 2.75) is 71.5 Å². The van der Waals surface area contributed by atoms with Gasteiger partial charge in [0, 0.05) is 26.2 Å². The van der Waals surface area contributed by atoms with Gasteiger partial charge in [-0.15, -0.1) is 24.0 Å². The minimum Gasteiger partial charge on any atom is -0.372 e. The molecule has 1 aliphatic carbocycles. The molecule has 1 fully saturated rings. The number of likely N-dealkylation sites (tertiary alicyclic amines) is 1. The number of rotatable bonds is 4. The molecule has 5 heteroatoms. The molecule has 24 heavy (non-hydrogen) atoms. The van der Waals surface area contributed by atoms with Crippen molar-refractivity contribution in [2.75, 3.05) is 26.2 Å². The van der Waals surface area contributed by atoms with Crippen LogP contribution in [-0.2, 0) is 4.74 Å². The number of aliphatic imine (C=N–C) groups is 1. The highest BCUT2D eigenvalue weighted by Crippen LogP contribution is 2.21. The Hall–Kier alpha value is -0.300. The number of hydrogen-bond acceptors (Lipinski definition) is 2. The van der Waals surface area contributed by atoms with Crippen LogP contribution in [0.15, 0.2) is 17.1 Å². The molecular weight excluding hydrogens is 413 g/mol. The molecule has 0 saturated carbocycles. The topological polar surface area (TPSA) is 36.9 Å². The first-order valence-corrected chi connectivity index (χ1v) is 9.34. The summed E-state index contributed by atoms with van der Waals surface area (Å²) in [6.07, 6.45) is 10.9. The quantitative estimate of drug-likeness (QED) is 0.303. The van der Waals surface area contributed by atoms with Gasteiger partial charge in [0.2, 0.25) is 0 Å². The van der Waals surface area contributed by atoms with Gasteiger partial charge in [0.25, 0.3) is 0 Å². The van der Waals surface area contributed by atoms with Crippen LogP contribution in [-0.4, -0.2) is 48.7 Å². The van der Waals surface area contributed by atoms with E-state index >= 15 is 0 Å². The Morgan fingerprint density at radius 1 is 1.21 bits per heavy atom. The van der Waals surface area contributed by atoms with E-state index in [1.165, 1.54) is 19.3 Å². The van der Waals surface area contributed by atoms with E-state index in [0.29, 0.717) is 6.10 Å². The molecule has 1 atom stereocenters. The van der Waals surface area contributed by atoms with Gasteiger partial charge in [0.1, 0.15) is 0 Å². The number of piperidine rings is 1. The predicted octanol–water partition coefficient (Wildman–Crippen LogP) is 4.21. The standard InChI is InChI=1S/C19H35N3O.HI/c1-5-20-18(21-15-16-9-7-6-8-10-16)22-13-11-17(12-14-22)23-19(2,3)4;/h6-7,16-17H,5,8-15H2,1-4H3,(H,20,21);1H. The average Bonchev–Trinajstić information content (AvgIpc) is 2.52. The summed E-state index contributed by atoms with van der Waals surface area (Å²) in [4.78, 5) is 7.32. The first-order valence-electron chi connectivity index (χ1n) is 9.34. The number of ether oxygens (including phenoxy) is 1. The van der Waals surface area contributed by atoms with E-state index < -0.39 is 0 Å². The molecule has 140 valence electrons. The van der Waals surface area contributed by atoms with Crippen molar-refractivity contribution in [3.8, 4) is 0 Å². The first kappa shape index (κ1) is 21.7. The Morgan fingerprint density at radius 2 is 1.92 bits per heavy atom. The van der Waals surface area contributed by atoms with Crippen LogP contribution in [0.5, 0.6) is 0 Å². The summed E-state index contributed by atoms with van der Waals surface area (Å²) in [7, 11) is 0. The molecule has 1 aliphatic heterocycles. The summed E-state index contributed by atoms with van der Waals surface area (Å²) < 4.78 is 6.13. The summed E-state index contributed by atoms with van der Waals surface area (Å²) in [5.74, 6) is 1.81. The van der Waals surface area contributed by atoms with E-state index in [0.717, 1.165) is 50.9 Å². The molecule has 0 bridgehead atoms. The largest absolute Gasteiger partial charge is 0.372 e. The van der Waals surface area contributed by atoms with E-state index in [4.69, 9.17) is 9.73 Å². The molecular formula is C19H36IN3O. The number of allylic oxidation sites excluding steroid dienone is 2. The maximum absolute atomic E-state index is 6.13. The second kappa shape index (κ2) is 10.6. The van der Waals surface area contributed by atoms with Crippen LogP contribution >= 0.6 is 24.0 Å². The third-order valence-electron chi connectivity index (χ3n) is 4.47. The van der Waals surface area contributed by atoms with Gasteiger partial charge in [-0.2, -0.15) is 0 Å². The van der Waals surface area contributed by atoms with Crippen LogP contribution in [0.2, 0.25) is 0 Å². The predicted molar refractivity (Wildman–Crippen MR) is 113 cm³/mol. The van der Waals surface area contributed by atoms with E-state index in [9.17, 15) is 0 Å². The Bertz CT molecular complexity index is 409. The monoisotopic (exact) mass is 449 g/mol. The van der Waals surface area contributed by atoms with Crippen molar-refractivity contribution in [1.82, 2.24) is 10.2 Å². The lowest BCUT2D eigenvalue weighted by Crippen LogP contribution is -2.48. The van der Waals surface area contributed by atoms with Gasteiger partial charge in [-0.1, -0.05) is 12.2 Å². The van der Waals surface area contributed by atoms with Crippen LogP contribution < -0.4 is 5.32 Å². The lowest BCUT2D eigenvalue weighted by Gasteiger charge is -2.37. The third kappa shape index (κ3) is 7.72. The Morgan fingerprint density at radius 3 is 2.46 bits per heavy atom. The number of halogens is 1. The number of nitrogens with one attached hydrogen (secondary N) is 1. The van der Waals surface area contributed by atoms with Crippen LogP contribution in [0.25, 0.3) is 0 Å². The number of nitrogens with zero attached hydrogens (tertiary/aromatic N) is 2. The van der Waals surface area contributed by atoms with Crippen LogP contribution in [0.1, 0.15) is 59.8 Å². The Labute approximate surface area is 165 Å². The summed E-state index contributed by atoms with van der Waals surface area (Å²) in [6.45, 7) is 12.5. The van der Waals surface area contributed by atoms with Crippen LogP contribution in [0.3, 0.4) is 0 Å². The fourth-order valence-corrected chi connectivity index (χ4v) is 3.35. The molecule has 0 aromatic carbocycles. The van der Waals surface area contributed by atoms with Crippen molar-refractivity contribution in [3.63, 3.8) is 0 Å². The highest BCUT2D eigenvalue weighted by atomic mass is 127. The SMILES string of the molecule is CCNC(=NCC1CC=CCC1)N1CCC(OC(C)(C)C)CC1.I. The molecule has 0 amide bonds. The molecule has 0 radical (unpaired) electrons. The van der Waals surface area contributed by atoms with Gasteiger partial charge in [-0.3, -0.25) is 4.99 Å². The lowest BCUT2D eigenvalue weighted by molar-refractivity contribution is -0.0772. The van der Waals surface area contributed by atoms with Crippen LogP contribution in [0.4, 0.5) is 0 Å². The average molecular weight is 449 g/mol. The third-order valence-corrected chi connectivity index (χ3v) is 4.47. The maximum Gasteiger partial charge on any atom is 0.193 e. The zero-order valence-corrected chi connectivity index (χ0v) is 18.2. The zero-order chi connectivity index (χ0) is 16.7. The van der Waals surface area contributed by atoms with Crippen molar-refractivity contribution in [1.29, 1.82) is 0 Å². The van der Waals surface area contributed by atoms with Gasteiger partial charge >= 0.3 is 0 Å². The van der Waals surface area contributed by atoms with Crippen molar-refractivity contribution >= 4 is 29.9 Å². The smallest absolute Gasteiger partial charge is 0.193 e. The summed E-state index contributed by atoms with van der Waals surface area (Å²) in [5, 5.41) is 3.47. The molecule has 0 spiro atoms. The van der Waals surface area contributed by atoms with E-state index in [-0.39, 0.29) is 29.6 Å². The Kier molecular flexibility index (Phi) is 9.64. The van der Waals surface area contributed by atoms with Gasteiger partial charge < -0.3 is 15.0 Å². The molecule has 2 aliphatic rings. The van der Waals surface area contributed by atoms with Crippen molar-refractivity contribution in [2.24, 2.45) is 10.9 Å². The number of hydrogen-bond donors (Lipinski definition) is 1. The molecule has 4 nitrogen and oxygen atoms in total. The molecule has 1 heterocycles. The second-order valence-electron chi connectivity index (χ2n) is 7.76. The van der Waals surface area contributed by atoms with Gasteiger partial charge in [0.05, 0.1) is 11.7 Å². The molecule has 0 aromatic rings. The normalized spacial score (nSPS) is 23.1. The zero-order valence-electron chi connectivity index (χ0n) is 15.9. The molecule has 0 aromatic heterocycles. The highest BCUT2D eigenvalue weighted by molar-refractivity contribution is 14.0. The van der Waals surface area contributed by atoms with Crippen molar-refractivity contribution < 1.29 is 4.74 Å². The minimum atomic E-state index is -0.0417. The molecule has 2 rings (SSSR count). The molecule has 1 N–H and O–H groups in total. The second-order valence-corrected chi connectivity index (χ2v) is 7.76. The van der Waals surface area contributed by atoms with E-state index in [1.807, 2.05) is 0 Å². The summed E-state index contributed by atoms with van der Waals surface area (Å²) >= 11 is 0. The lowest BCUT2D eigenvalue weighted by atomic mass is 9.95. The van der Waals surface area contributed by atoms with Gasteiger partial charge in [0.15, 0.2) is 5.96 Å². The highest BCUT2D eigenvalue weighted by Gasteiger charge is 2.25. The first-order chi connectivity index (χ1) is 11.0. The summed E-state index contributed by atoms with van der Waals surface area (Å²) in [5.41, 5.74) is -0.0417. The fourth-order valence-electron chi connectivity index (χ4n) is 3.35. The minimum absolute atomic E-state index is 0. The molecule has 1 saturated heterocycles. The molecule has 1 unspecified atom stereocenters. The van der Waals surface area contributed by atoms with E-state index in [2.05, 4.69) is 50.1 Å². The summed E-state index contributed by atoms with van der Waals surface area (Å²) in [6, 6.07) is 0.